The van der Waals surface area contributed by atoms with Crippen molar-refractivity contribution >= 4 is 0 Å². The smallest absolute Gasteiger partial charge is 0.127 e. The Morgan fingerprint density at radius 2 is 1.05 bits per heavy atom. The normalized spacial score (nSPS) is 22.1. The first-order valence-electron chi connectivity index (χ1n) is 6.49. The molecule has 1 heterocycles. The number of benzene rings is 2. The van der Waals surface area contributed by atoms with Crippen LogP contribution >= 0.6 is 0 Å². The summed E-state index contributed by atoms with van der Waals surface area (Å²) in [7, 11) is 0. The topological polar surface area (TPSA) is 18.5 Å². The Morgan fingerprint density at radius 3 is 1.47 bits per heavy atom. The second-order valence-electron chi connectivity index (χ2n) is 4.58. The van der Waals surface area contributed by atoms with Crippen LogP contribution in [0.5, 0.6) is 0 Å². The molecule has 96 valence electrons. The Morgan fingerprint density at radius 1 is 0.632 bits per heavy atom. The largest absolute Gasteiger partial charge is 0.490 e. The third kappa shape index (κ3) is 2.79. The van der Waals surface area contributed by atoms with Crippen molar-refractivity contribution < 1.29 is 9.47 Å². The summed E-state index contributed by atoms with van der Waals surface area (Å²) in [6.07, 6.45) is 4.15. The van der Waals surface area contributed by atoms with Gasteiger partial charge in [-0.15, -0.1) is 0 Å². The first-order chi connectivity index (χ1) is 9.43. The quantitative estimate of drug-likeness (QED) is 0.789. The Kier molecular flexibility index (Phi) is 3.50. The molecule has 1 aliphatic heterocycles. The van der Waals surface area contributed by atoms with Gasteiger partial charge in [-0.2, -0.15) is 0 Å². The molecule has 2 nitrogen and oxygen atoms in total. The van der Waals surface area contributed by atoms with E-state index >= 15 is 0 Å². The van der Waals surface area contributed by atoms with Crippen LogP contribution in [0.2, 0.25) is 0 Å². The van der Waals surface area contributed by atoms with Crippen molar-refractivity contribution in [2.45, 2.75) is 18.6 Å². The maximum Gasteiger partial charge on any atom is 0.127 e. The van der Waals surface area contributed by atoms with Gasteiger partial charge in [-0.05, 0) is 11.1 Å². The van der Waals surface area contributed by atoms with Crippen LogP contribution < -0.4 is 0 Å². The summed E-state index contributed by atoms with van der Waals surface area (Å²) in [6.45, 7) is 0. The molecule has 2 aromatic carbocycles. The highest BCUT2D eigenvalue weighted by Gasteiger charge is 2.22. The van der Waals surface area contributed by atoms with Gasteiger partial charge in [-0.3, -0.25) is 0 Å². The third-order valence-electron chi connectivity index (χ3n) is 3.31. The van der Waals surface area contributed by atoms with Gasteiger partial charge < -0.3 is 9.47 Å². The predicted molar refractivity (Wildman–Crippen MR) is 74.3 cm³/mol. The minimum Gasteiger partial charge on any atom is -0.490 e. The molecule has 0 radical (unpaired) electrons. The molecule has 0 fully saturated rings. The molecule has 2 heteroatoms. The Bertz CT molecular complexity index is 484. The van der Waals surface area contributed by atoms with E-state index < -0.39 is 0 Å². The summed E-state index contributed by atoms with van der Waals surface area (Å²) in [5, 5.41) is 0. The SMILES string of the molecule is C1=COC(c2ccccc2)CC(c2ccccc2)O1. The second kappa shape index (κ2) is 5.61. The van der Waals surface area contributed by atoms with E-state index in [1.165, 1.54) is 11.1 Å². The van der Waals surface area contributed by atoms with E-state index in [1.54, 1.807) is 12.5 Å². The van der Waals surface area contributed by atoms with Crippen molar-refractivity contribution in [2.75, 3.05) is 0 Å². The standard InChI is InChI=1S/C17H16O2/c1-3-7-14(8-4-1)16-13-17(19-12-11-18-16)15-9-5-2-6-10-15/h1-12,16-17H,13H2. The molecule has 2 atom stereocenters. The summed E-state index contributed by atoms with van der Waals surface area (Å²) < 4.78 is 11.5. The molecule has 2 aromatic rings. The van der Waals surface area contributed by atoms with Crippen LogP contribution in [0.15, 0.2) is 73.2 Å². The summed E-state index contributed by atoms with van der Waals surface area (Å²) in [5.74, 6) is 0. The van der Waals surface area contributed by atoms with Crippen LogP contribution in [0.3, 0.4) is 0 Å². The molecule has 0 aliphatic carbocycles. The van der Waals surface area contributed by atoms with Crippen LogP contribution in [-0.2, 0) is 9.47 Å². The lowest BCUT2D eigenvalue weighted by molar-refractivity contribution is 0.0907. The summed E-state index contributed by atoms with van der Waals surface area (Å²) in [5.41, 5.74) is 2.36. The van der Waals surface area contributed by atoms with Crippen molar-refractivity contribution in [3.63, 3.8) is 0 Å². The number of hydrogen-bond donors (Lipinski definition) is 0. The number of rotatable bonds is 2. The minimum absolute atomic E-state index is 0.0326. The van der Waals surface area contributed by atoms with E-state index in [4.69, 9.17) is 9.47 Å². The van der Waals surface area contributed by atoms with Crippen LogP contribution in [0.25, 0.3) is 0 Å². The van der Waals surface area contributed by atoms with E-state index in [9.17, 15) is 0 Å². The molecule has 3 rings (SSSR count). The van der Waals surface area contributed by atoms with E-state index in [0.29, 0.717) is 0 Å². The fourth-order valence-corrected chi connectivity index (χ4v) is 2.32. The molecule has 0 aromatic heterocycles. The highest BCUT2D eigenvalue weighted by atomic mass is 16.5. The predicted octanol–water partition coefficient (Wildman–Crippen LogP) is 4.38. The molecule has 0 N–H and O–H groups in total. The lowest BCUT2D eigenvalue weighted by Crippen LogP contribution is -2.07. The number of hydrogen-bond acceptors (Lipinski definition) is 2. The Labute approximate surface area is 113 Å². The summed E-state index contributed by atoms with van der Waals surface area (Å²) in [6, 6.07) is 20.5. The highest BCUT2D eigenvalue weighted by Crippen LogP contribution is 2.34. The molecule has 1 aliphatic rings. The van der Waals surface area contributed by atoms with Gasteiger partial charge in [-0.25, -0.2) is 0 Å². The lowest BCUT2D eigenvalue weighted by atomic mass is 9.99. The van der Waals surface area contributed by atoms with Crippen LogP contribution in [0.1, 0.15) is 29.8 Å². The molecule has 0 spiro atoms. The van der Waals surface area contributed by atoms with E-state index in [2.05, 4.69) is 24.3 Å². The highest BCUT2D eigenvalue weighted by molar-refractivity contribution is 5.22. The van der Waals surface area contributed by atoms with Gasteiger partial charge in [0.05, 0.1) is 0 Å². The van der Waals surface area contributed by atoms with Crippen molar-refractivity contribution in [1.29, 1.82) is 0 Å². The van der Waals surface area contributed by atoms with Crippen molar-refractivity contribution in [1.82, 2.24) is 0 Å². The first-order valence-corrected chi connectivity index (χ1v) is 6.49. The van der Waals surface area contributed by atoms with Crippen LogP contribution in [0, 0.1) is 0 Å². The Balaban J connectivity index is 1.83. The second-order valence-corrected chi connectivity index (χ2v) is 4.58. The molecule has 0 bridgehead atoms. The lowest BCUT2D eigenvalue weighted by Gasteiger charge is -2.20. The van der Waals surface area contributed by atoms with Crippen LogP contribution in [0.4, 0.5) is 0 Å². The van der Waals surface area contributed by atoms with Gasteiger partial charge in [0.1, 0.15) is 24.7 Å². The molecule has 0 saturated carbocycles. The van der Waals surface area contributed by atoms with E-state index in [0.717, 1.165) is 6.42 Å². The van der Waals surface area contributed by atoms with E-state index in [1.807, 2.05) is 36.4 Å². The fourth-order valence-electron chi connectivity index (χ4n) is 2.32. The molecule has 19 heavy (non-hydrogen) atoms. The monoisotopic (exact) mass is 252 g/mol. The molecular weight excluding hydrogens is 236 g/mol. The van der Waals surface area contributed by atoms with E-state index in [-0.39, 0.29) is 12.2 Å². The molecule has 0 amide bonds. The van der Waals surface area contributed by atoms with Gasteiger partial charge >= 0.3 is 0 Å². The third-order valence-corrected chi connectivity index (χ3v) is 3.31. The Hall–Kier alpha value is -2.22. The molecule has 2 unspecified atom stereocenters. The summed E-state index contributed by atoms with van der Waals surface area (Å²) >= 11 is 0. The van der Waals surface area contributed by atoms with Gasteiger partial charge in [0, 0.05) is 6.42 Å². The minimum atomic E-state index is 0.0326. The average molecular weight is 252 g/mol. The zero-order valence-electron chi connectivity index (χ0n) is 10.6. The maximum atomic E-state index is 5.74. The average Bonchev–Trinajstić information content (AvgIpc) is 2.75. The van der Waals surface area contributed by atoms with Gasteiger partial charge in [0.2, 0.25) is 0 Å². The van der Waals surface area contributed by atoms with Crippen molar-refractivity contribution in [3.8, 4) is 0 Å². The first kappa shape index (κ1) is 11.8. The molecule has 0 saturated heterocycles. The van der Waals surface area contributed by atoms with Gasteiger partial charge in [0.15, 0.2) is 0 Å². The van der Waals surface area contributed by atoms with Crippen molar-refractivity contribution in [3.05, 3.63) is 84.3 Å². The van der Waals surface area contributed by atoms with Gasteiger partial charge in [0.25, 0.3) is 0 Å². The van der Waals surface area contributed by atoms with Gasteiger partial charge in [-0.1, -0.05) is 60.7 Å². The summed E-state index contributed by atoms with van der Waals surface area (Å²) in [4.78, 5) is 0. The molecular formula is C17H16O2. The fraction of sp³-hybridized carbons (Fsp3) is 0.176. The zero-order valence-corrected chi connectivity index (χ0v) is 10.6. The van der Waals surface area contributed by atoms with Crippen LogP contribution in [-0.4, -0.2) is 0 Å². The van der Waals surface area contributed by atoms with Crippen molar-refractivity contribution in [2.24, 2.45) is 0 Å². The number of ether oxygens (including phenoxy) is 2. The zero-order chi connectivity index (χ0) is 12.9. The maximum absolute atomic E-state index is 5.74.